The third-order valence-corrected chi connectivity index (χ3v) is 5.90. The van der Waals surface area contributed by atoms with Crippen molar-refractivity contribution in [2.45, 2.75) is 103 Å². The number of carboxylic acid groups (broad SMARTS) is 1. The summed E-state index contributed by atoms with van der Waals surface area (Å²) >= 11 is 0. The van der Waals surface area contributed by atoms with E-state index in [0.29, 0.717) is 6.42 Å². The molecule has 0 rings (SSSR count). The third-order valence-electron chi connectivity index (χ3n) is 4.95. The van der Waals surface area contributed by atoms with Crippen LogP contribution >= 0.6 is 7.82 Å². The van der Waals surface area contributed by atoms with E-state index in [4.69, 9.17) is 0 Å². The second-order valence-corrected chi connectivity index (χ2v) is 9.59. The maximum absolute atomic E-state index is 12.0. The van der Waals surface area contributed by atoms with Gasteiger partial charge in [-0.1, -0.05) is 71.6 Å². The summed E-state index contributed by atoms with van der Waals surface area (Å²) in [5, 5.41) is 21.1. The van der Waals surface area contributed by atoms with Crippen LogP contribution in [0.25, 0.3) is 0 Å². The molecule has 0 heterocycles. The van der Waals surface area contributed by atoms with E-state index in [-0.39, 0.29) is 12.8 Å². The van der Waals surface area contributed by atoms with Crippen LogP contribution in [0.4, 0.5) is 0 Å². The topological polar surface area (TPSA) is 169 Å². The molecule has 4 N–H and O–H groups in total. The number of nitrogens with one attached hydrogen (secondary N) is 1. The zero-order chi connectivity index (χ0) is 25.8. The average molecular weight is 512 g/mol. The van der Waals surface area contributed by atoms with Crippen molar-refractivity contribution < 1.29 is 47.8 Å². The zero-order valence-corrected chi connectivity index (χ0v) is 21.3. The molecule has 0 aliphatic heterocycles. The van der Waals surface area contributed by atoms with Gasteiger partial charge in [0.1, 0.15) is 12.7 Å². The number of phosphoric ester groups is 1. The summed E-state index contributed by atoms with van der Waals surface area (Å²) < 4.78 is 25.7. The predicted octanol–water partition coefficient (Wildman–Crippen LogP) is 3.31. The smallest absolute Gasteiger partial charge is 0.472 e. The number of aliphatic hydroxyl groups excluding tert-OH is 1. The molecule has 0 aromatic rings. The molecule has 0 aromatic heterocycles. The van der Waals surface area contributed by atoms with E-state index < -0.39 is 57.6 Å². The van der Waals surface area contributed by atoms with E-state index in [9.17, 15) is 34.1 Å². The van der Waals surface area contributed by atoms with Crippen molar-refractivity contribution in [2.75, 3.05) is 19.8 Å². The summed E-state index contributed by atoms with van der Waals surface area (Å²) in [5.41, 5.74) is 0. The summed E-state index contributed by atoms with van der Waals surface area (Å²) in [6.07, 6.45) is 9.96. The molecule has 200 valence electrons. The van der Waals surface area contributed by atoms with E-state index in [1.165, 1.54) is 38.5 Å². The molecule has 1 amide bonds. The second kappa shape index (κ2) is 19.8. The summed E-state index contributed by atoms with van der Waals surface area (Å²) in [6, 6.07) is -1.53. The highest BCUT2D eigenvalue weighted by Crippen LogP contribution is 2.43. The van der Waals surface area contributed by atoms with Crippen molar-refractivity contribution in [2.24, 2.45) is 0 Å². The normalized spacial score (nSPS) is 14.7. The van der Waals surface area contributed by atoms with E-state index in [1.807, 2.05) is 0 Å². The molecule has 0 saturated heterocycles. The first-order chi connectivity index (χ1) is 16.1. The molecule has 0 aromatic carbocycles. The van der Waals surface area contributed by atoms with Crippen LogP contribution in [0.15, 0.2) is 0 Å². The monoisotopic (exact) mass is 511 g/mol. The number of rotatable bonds is 22. The fourth-order valence-corrected chi connectivity index (χ4v) is 3.71. The molecule has 0 aliphatic rings. The summed E-state index contributed by atoms with van der Waals surface area (Å²) in [7, 11) is -4.70. The lowest BCUT2D eigenvalue weighted by atomic mass is 10.1. The van der Waals surface area contributed by atoms with Gasteiger partial charge in [0, 0.05) is 12.8 Å². The van der Waals surface area contributed by atoms with E-state index >= 15 is 0 Å². The van der Waals surface area contributed by atoms with Crippen molar-refractivity contribution >= 4 is 25.7 Å². The van der Waals surface area contributed by atoms with Gasteiger partial charge in [-0.3, -0.25) is 18.6 Å². The first kappa shape index (κ1) is 32.5. The minimum atomic E-state index is -4.70. The van der Waals surface area contributed by atoms with Gasteiger partial charge in [0.05, 0.1) is 13.2 Å². The lowest BCUT2D eigenvalue weighted by Crippen LogP contribution is -2.43. The first-order valence-corrected chi connectivity index (χ1v) is 13.6. The fourth-order valence-electron chi connectivity index (χ4n) is 2.94. The molecule has 0 fully saturated rings. The molecule has 34 heavy (non-hydrogen) atoms. The van der Waals surface area contributed by atoms with Gasteiger partial charge in [-0.25, -0.2) is 9.36 Å². The number of ether oxygens (including phenoxy) is 1. The first-order valence-electron chi connectivity index (χ1n) is 12.1. The number of phosphoric acid groups is 1. The highest BCUT2D eigenvalue weighted by molar-refractivity contribution is 7.47. The van der Waals surface area contributed by atoms with Gasteiger partial charge in [0.15, 0.2) is 6.04 Å². The van der Waals surface area contributed by atoms with Crippen LogP contribution in [-0.2, 0) is 32.7 Å². The highest BCUT2D eigenvalue weighted by Gasteiger charge is 2.28. The molecule has 0 radical (unpaired) electrons. The minimum Gasteiger partial charge on any atom is -0.480 e. The van der Waals surface area contributed by atoms with Gasteiger partial charge >= 0.3 is 19.8 Å². The molecule has 3 unspecified atom stereocenters. The number of aliphatic carboxylic acids is 1. The molecule has 0 bridgehead atoms. The molecule has 12 heteroatoms. The number of carbonyl (C=O) groups is 3. The number of esters is 1. The van der Waals surface area contributed by atoms with Crippen molar-refractivity contribution in [1.29, 1.82) is 0 Å². The summed E-state index contributed by atoms with van der Waals surface area (Å²) in [4.78, 5) is 44.0. The fraction of sp³-hybridized carbons (Fsp3) is 0.864. The predicted molar refractivity (Wildman–Crippen MR) is 125 cm³/mol. The molecule has 0 saturated carbocycles. The standard InChI is InChI=1S/C22H42NO10P/c1-3-5-6-7-8-9-10-11-12-13-14-20(25)23-19(22(27)28)17-33-34(29,30)32-16-18(24)15-31-21(26)4-2/h18-19,24H,3-17H2,1-2H3,(H,23,25)(H,27,28)(H,29,30). The quantitative estimate of drug-likeness (QED) is 0.0961. The second-order valence-electron chi connectivity index (χ2n) is 8.14. The Hall–Kier alpha value is -1.52. The largest absolute Gasteiger partial charge is 0.480 e. The molecular formula is C22H42NO10P. The molecule has 3 atom stereocenters. The van der Waals surface area contributed by atoms with Gasteiger partial charge < -0.3 is 25.2 Å². The van der Waals surface area contributed by atoms with Gasteiger partial charge in [-0.2, -0.15) is 0 Å². The van der Waals surface area contributed by atoms with E-state index in [0.717, 1.165) is 19.3 Å². The van der Waals surface area contributed by atoms with Crippen molar-refractivity contribution in [3.05, 3.63) is 0 Å². The number of unbranched alkanes of at least 4 members (excludes halogenated alkanes) is 9. The molecule has 0 aliphatic carbocycles. The van der Waals surface area contributed by atoms with Gasteiger partial charge in [-0.15, -0.1) is 0 Å². The van der Waals surface area contributed by atoms with Crippen LogP contribution in [0.1, 0.15) is 90.9 Å². The van der Waals surface area contributed by atoms with Gasteiger partial charge in [0.25, 0.3) is 0 Å². The van der Waals surface area contributed by atoms with Crippen molar-refractivity contribution in [1.82, 2.24) is 5.32 Å². The van der Waals surface area contributed by atoms with E-state index in [1.54, 1.807) is 6.92 Å². The molecule has 11 nitrogen and oxygen atoms in total. The van der Waals surface area contributed by atoms with Crippen molar-refractivity contribution in [3.8, 4) is 0 Å². The number of hydrogen-bond acceptors (Lipinski definition) is 8. The Kier molecular flexibility index (Phi) is 18.9. The Morgan fingerprint density at radius 1 is 0.853 bits per heavy atom. The number of amides is 1. The van der Waals surface area contributed by atoms with Crippen molar-refractivity contribution in [3.63, 3.8) is 0 Å². The minimum absolute atomic E-state index is 0.108. The molecule has 0 spiro atoms. The molecular weight excluding hydrogens is 469 g/mol. The van der Waals surface area contributed by atoms with Crippen LogP contribution in [0.3, 0.4) is 0 Å². The Morgan fingerprint density at radius 3 is 1.91 bits per heavy atom. The third kappa shape index (κ3) is 18.9. The van der Waals surface area contributed by atoms with E-state index in [2.05, 4.69) is 26.0 Å². The van der Waals surface area contributed by atoms with Gasteiger partial charge in [0.2, 0.25) is 5.91 Å². The van der Waals surface area contributed by atoms with Crippen LogP contribution < -0.4 is 5.32 Å². The summed E-state index contributed by atoms with van der Waals surface area (Å²) in [5.74, 6) is -2.47. The van der Waals surface area contributed by atoms with Gasteiger partial charge in [-0.05, 0) is 6.42 Å². The Morgan fingerprint density at radius 2 is 1.38 bits per heavy atom. The van der Waals surface area contributed by atoms with Crippen LogP contribution in [0.5, 0.6) is 0 Å². The maximum Gasteiger partial charge on any atom is 0.472 e. The van der Waals surface area contributed by atoms with Crippen LogP contribution in [-0.4, -0.2) is 64.9 Å². The summed E-state index contributed by atoms with van der Waals surface area (Å²) in [6.45, 7) is 1.85. The van der Waals surface area contributed by atoms with Crippen LogP contribution in [0, 0.1) is 0 Å². The number of carboxylic acids is 1. The number of aliphatic hydroxyl groups is 1. The van der Waals surface area contributed by atoms with Crippen LogP contribution in [0.2, 0.25) is 0 Å². The zero-order valence-electron chi connectivity index (χ0n) is 20.4. The Balaban J connectivity index is 4.11. The number of hydrogen-bond donors (Lipinski definition) is 4. The Bertz CT molecular complexity index is 631. The Labute approximate surface area is 202 Å². The lowest BCUT2D eigenvalue weighted by molar-refractivity contribution is -0.146. The number of carbonyl (C=O) groups excluding carboxylic acids is 2. The SMILES string of the molecule is CCCCCCCCCCCCC(=O)NC(COP(=O)(O)OCC(O)COC(=O)CC)C(=O)O. The maximum atomic E-state index is 12.0. The average Bonchev–Trinajstić information content (AvgIpc) is 2.79. The highest BCUT2D eigenvalue weighted by atomic mass is 31.2. The lowest BCUT2D eigenvalue weighted by Gasteiger charge is -2.18.